The van der Waals surface area contributed by atoms with Crippen molar-refractivity contribution in [1.82, 2.24) is 4.98 Å². The SMILES string of the molecule is COCCc1nc(-c2ccc3c(c2)N(Cc2ccc(C(C)(C)C)cc2)C(=O)CO3)cs1. The normalized spacial score (nSPS) is 13.8. The van der Waals surface area contributed by atoms with Crippen LogP contribution in [0.4, 0.5) is 5.69 Å². The average molecular weight is 437 g/mol. The van der Waals surface area contributed by atoms with Crippen LogP contribution in [0.2, 0.25) is 0 Å². The largest absolute Gasteiger partial charge is 0.482 e. The molecule has 2 aromatic carbocycles. The molecule has 0 saturated carbocycles. The molecule has 4 rings (SSSR count). The van der Waals surface area contributed by atoms with Gasteiger partial charge in [-0.05, 0) is 34.7 Å². The predicted molar refractivity (Wildman–Crippen MR) is 125 cm³/mol. The van der Waals surface area contributed by atoms with Crippen molar-refractivity contribution in [2.45, 2.75) is 39.2 Å². The van der Waals surface area contributed by atoms with Crippen molar-refractivity contribution < 1.29 is 14.3 Å². The van der Waals surface area contributed by atoms with Crippen molar-refractivity contribution in [2.24, 2.45) is 0 Å². The standard InChI is InChI=1S/C25H28N2O3S/c1-25(2,3)19-8-5-17(6-9-19)14-27-21-13-18(7-10-22(21)30-15-24(27)28)20-16-31-23(26-20)11-12-29-4/h5-10,13,16H,11-12,14-15H2,1-4H3. The number of thiazole rings is 1. The van der Waals surface area contributed by atoms with E-state index >= 15 is 0 Å². The fourth-order valence-corrected chi connectivity index (χ4v) is 4.36. The molecule has 1 amide bonds. The molecule has 31 heavy (non-hydrogen) atoms. The summed E-state index contributed by atoms with van der Waals surface area (Å²) in [6, 6.07) is 14.4. The number of benzene rings is 2. The summed E-state index contributed by atoms with van der Waals surface area (Å²) in [7, 11) is 1.69. The van der Waals surface area contributed by atoms with Crippen LogP contribution in [0.25, 0.3) is 11.3 Å². The second-order valence-corrected chi connectivity index (χ2v) is 9.71. The number of anilines is 1. The maximum absolute atomic E-state index is 12.7. The molecule has 162 valence electrons. The highest BCUT2D eigenvalue weighted by atomic mass is 32.1. The molecule has 0 saturated heterocycles. The number of rotatable bonds is 6. The zero-order valence-electron chi connectivity index (χ0n) is 18.5. The van der Waals surface area contributed by atoms with Gasteiger partial charge in [-0.1, -0.05) is 45.0 Å². The van der Waals surface area contributed by atoms with Gasteiger partial charge in [-0.15, -0.1) is 11.3 Å². The van der Waals surface area contributed by atoms with E-state index in [1.54, 1.807) is 18.4 Å². The van der Waals surface area contributed by atoms with Gasteiger partial charge in [0.2, 0.25) is 0 Å². The Labute approximate surface area is 187 Å². The van der Waals surface area contributed by atoms with E-state index in [-0.39, 0.29) is 17.9 Å². The maximum Gasteiger partial charge on any atom is 0.265 e. The summed E-state index contributed by atoms with van der Waals surface area (Å²) in [6.07, 6.45) is 0.796. The number of hydrogen-bond acceptors (Lipinski definition) is 5. The molecule has 0 atom stereocenters. The highest BCUT2D eigenvalue weighted by Gasteiger charge is 2.26. The number of amides is 1. The fraction of sp³-hybridized carbons (Fsp3) is 0.360. The summed E-state index contributed by atoms with van der Waals surface area (Å²) in [5.41, 5.74) is 5.15. The summed E-state index contributed by atoms with van der Waals surface area (Å²) in [5.74, 6) is 0.688. The minimum atomic E-state index is -0.0383. The fourth-order valence-electron chi connectivity index (χ4n) is 3.58. The van der Waals surface area contributed by atoms with E-state index in [0.29, 0.717) is 13.2 Å². The molecule has 6 heteroatoms. The van der Waals surface area contributed by atoms with Crippen LogP contribution in [-0.4, -0.2) is 31.2 Å². The van der Waals surface area contributed by atoms with Gasteiger partial charge in [0, 0.05) is 24.5 Å². The van der Waals surface area contributed by atoms with Crippen molar-refractivity contribution >= 4 is 22.9 Å². The highest BCUT2D eigenvalue weighted by Crippen LogP contribution is 2.37. The van der Waals surface area contributed by atoms with Gasteiger partial charge >= 0.3 is 0 Å². The van der Waals surface area contributed by atoms with Gasteiger partial charge in [-0.2, -0.15) is 0 Å². The Kier molecular flexibility index (Phi) is 6.12. The first-order chi connectivity index (χ1) is 14.8. The third-order valence-corrected chi connectivity index (χ3v) is 6.34. The number of ether oxygens (including phenoxy) is 2. The van der Waals surface area contributed by atoms with Gasteiger partial charge in [0.05, 0.1) is 29.5 Å². The summed E-state index contributed by atoms with van der Waals surface area (Å²) in [5, 5.41) is 3.09. The van der Waals surface area contributed by atoms with Crippen LogP contribution in [0.1, 0.15) is 36.9 Å². The van der Waals surface area contributed by atoms with Gasteiger partial charge in [0.15, 0.2) is 6.61 Å². The Morgan fingerprint density at radius 2 is 1.94 bits per heavy atom. The number of fused-ring (bicyclic) bond motifs is 1. The van der Waals surface area contributed by atoms with Crippen molar-refractivity contribution in [2.75, 3.05) is 25.2 Å². The van der Waals surface area contributed by atoms with Crippen LogP contribution < -0.4 is 9.64 Å². The van der Waals surface area contributed by atoms with Crippen LogP contribution in [-0.2, 0) is 27.9 Å². The zero-order chi connectivity index (χ0) is 22.0. The number of methoxy groups -OCH3 is 1. The Balaban J connectivity index is 1.60. The molecule has 1 aromatic heterocycles. The molecular weight excluding hydrogens is 408 g/mol. The van der Waals surface area contributed by atoms with Gasteiger partial charge < -0.3 is 14.4 Å². The Morgan fingerprint density at radius 1 is 1.16 bits per heavy atom. The molecule has 1 aliphatic rings. The molecule has 1 aliphatic heterocycles. The number of nitrogens with zero attached hydrogens (tertiary/aromatic N) is 2. The number of aromatic nitrogens is 1. The van der Waals surface area contributed by atoms with Crippen LogP contribution in [0, 0.1) is 0 Å². The monoisotopic (exact) mass is 436 g/mol. The van der Waals surface area contributed by atoms with Crippen LogP contribution >= 0.6 is 11.3 Å². The lowest BCUT2D eigenvalue weighted by Crippen LogP contribution is -2.38. The van der Waals surface area contributed by atoms with Gasteiger partial charge in [-0.25, -0.2) is 4.98 Å². The molecule has 0 aliphatic carbocycles. The Bertz CT molecular complexity index is 1070. The lowest BCUT2D eigenvalue weighted by molar-refractivity contribution is -0.121. The van der Waals surface area contributed by atoms with Crippen molar-refractivity contribution in [1.29, 1.82) is 0 Å². The van der Waals surface area contributed by atoms with E-state index in [9.17, 15) is 4.79 Å². The first-order valence-corrected chi connectivity index (χ1v) is 11.3. The zero-order valence-corrected chi connectivity index (χ0v) is 19.3. The second kappa shape index (κ2) is 8.81. The average Bonchev–Trinajstić information content (AvgIpc) is 3.23. The summed E-state index contributed by atoms with van der Waals surface area (Å²) >= 11 is 1.63. The van der Waals surface area contributed by atoms with E-state index in [1.807, 2.05) is 28.5 Å². The molecule has 0 N–H and O–H groups in total. The third-order valence-electron chi connectivity index (χ3n) is 5.43. The molecule has 0 fully saturated rings. The summed E-state index contributed by atoms with van der Waals surface area (Å²) < 4.78 is 10.8. The summed E-state index contributed by atoms with van der Waals surface area (Å²) in [4.78, 5) is 19.3. The second-order valence-electron chi connectivity index (χ2n) is 8.77. The van der Waals surface area contributed by atoms with E-state index < -0.39 is 0 Å². The summed E-state index contributed by atoms with van der Waals surface area (Å²) in [6.45, 7) is 7.82. The molecular formula is C25H28N2O3S. The predicted octanol–water partition coefficient (Wildman–Crippen LogP) is 5.22. The topological polar surface area (TPSA) is 51.7 Å². The number of carbonyl (C=O) groups excluding carboxylic acids is 1. The number of hydrogen-bond donors (Lipinski definition) is 0. The van der Waals surface area contributed by atoms with Gasteiger partial charge in [-0.3, -0.25) is 4.79 Å². The molecule has 3 aromatic rings. The van der Waals surface area contributed by atoms with Gasteiger partial charge in [0.1, 0.15) is 5.75 Å². The third kappa shape index (κ3) is 4.81. The van der Waals surface area contributed by atoms with Gasteiger partial charge in [0.25, 0.3) is 5.91 Å². The molecule has 0 spiro atoms. The Hall–Kier alpha value is -2.70. The lowest BCUT2D eigenvalue weighted by atomic mass is 9.87. The van der Waals surface area contributed by atoms with Crippen molar-refractivity contribution in [3.05, 3.63) is 64.0 Å². The molecule has 5 nitrogen and oxygen atoms in total. The van der Waals surface area contributed by atoms with Crippen molar-refractivity contribution in [3.63, 3.8) is 0 Å². The minimum Gasteiger partial charge on any atom is -0.482 e. The molecule has 2 heterocycles. The van der Waals surface area contributed by atoms with Crippen LogP contribution in [0.15, 0.2) is 47.8 Å². The lowest BCUT2D eigenvalue weighted by Gasteiger charge is -2.30. The van der Waals surface area contributed by atoms with Crippen LogP contribution in [0.5, 0.6) is 5.75 Å². The smallest absolute Gasteiger partial charge is 0.265 e. The first-order valence-electron chi connectivity index (χ1n) is 10.5. The van der Waals surface area contributed by atoms with E-state index in [1.165, 1.54) is 5.56 Å². The molecule has 0 bridgehead atoms. The molecule has 0 radical (unpaired) electrons. The minimum absolute atomic E-state index is 0.0383. The van der Waals surface area contributed by atoms with E-state index in [4.69, 9.17) is 14.5 Å². The Morgan fingerprint density at radius 3 is 2.65 bits per heavy atom. The highest BCUT2D eigenvalue weighted by molar-refractivity contribution is 7.09. The quantitative estimate of drug-likeness (QED) is 0.531. The van der Waals surface area contributed by atoms with E-state index in [0.717, 1.165) is 39.7 Å². The first kappa shape index (κ1) is 21.5. The van der Waals surface area contributed by atoms with E-state index in [2.05, 4.69) is 45.0 Å². The maximum atomic E-state index is 12.7. The van der Waals surface area contributed by atoms with Crippen molar-refractivity contribution in [3.8, 4) is 17.0 Å². The number of carbonyl (C=O) groups is 1. The van der Waals surface area contributed by atoms with Crippen LogP contribution in [0.3, 0.4) is 0 Å². The molecule has 0 unspecified atom stereocenters.